The van der Waals surface area contributed by atoms with E-state index in [1.54, 1.807) is 0 Å². The van der Waals surface area contributed by atoms with Crippen LogP contribution in [0, 0.1) is 18.1 Å². The van der Waals surface area contributed by atoms with Crippen LogP contribution in [-0.2, 0) is 24.2 Å². The van der Waals surface area contributed by atoms with Crippen LogP contribution >= 0.6 is 24.8 Å². The van der Waals surface area contributed by atoms with Crippen molar-refractivity contribution in [2.75, 3.05) is 0 Å². The monoisotopic (exact) mass is 362 g/mol. The van der Waals surface area contributed by atoms with E-state index in [1.165, 1.54) is 41.0 Å². The molecule has 0 aromatic rings. The summed E-state index contributed by atoms with van der Waals surface area (Å²) in [5.74, 6) is 0.551. The fraction of sp³-hybridized carbons (Fsp3) is 0.400. The second-order valence-corrected chi connectivity index (χ2v) is 3.91. The maximum atomic E-state index is 3.34. The summed E-state index contributed by atoms with van der Waals surface area (Å²) >= 11 is 1.30. The molecule has 2 rings (SSSR count). The van der Waals surface area contributed by atoms with Gasteiger partial charge in [-0.2, -0.15) is 12.2 Å². The molecular formula is C15H22Cl2Zr. The number of rotatable bonds is 0. The van der Waals surface area contributed by atoms with Crippen LogP contribution in [-0.4, -0.2) is 4.21 Å². The Balaban J connectivity index is -0.000000204. The summed E-state index contributed by atoms with van der Waals surface area (Å²) in [5, 5.41) is 0. The predicted octanol–water partition coefficient (Wildman–Crippen LogP) is 4.84. The number of hydrogen-bond donors (Lipinski definition) is 0. The molecule has 0 aromatic carbocycles. The van der Waals surface area contributed by atoms with Crippen molar-refractivity contribution in [1.29, 1.82) is 0 Å². The van der Waals surface area contributed by atoms with Gasteiger partial charge in [-0.25, -0.2) is 22.8 Å². The SMILES string of the molecule is CC1=CC[C-]=C1.CC1=[C-]C(C)C=C1C.Cl.Cl.[CH2]=[Zr+2]. The topological polar surface area (TPSA) is 0 Å². The molecule has 0 heterocycles. The van der Waals surface area contributed by atoms with Gasteiger partial charge in [0.1, 0.15) is 0 Å². The van der Waals surface area contributed by atoms with Crippen molar-refractivity contribution in [1.82, 2.24) is 0 Å². The second-order valence-electron chi connectivity index (χ2n) is 3.91. The average molecular weight is 364 g/mol. The summed E-state index contributed by atoms with van der Waals surface area (Å²) in [6, 6.07) is 0. The van der Waals surface area contributed by atoms with E-state index in [0.717, 1.165) is 6.42 Å². The summed E-state index contributed by atoms with van der Waals surface area (Å²) in [4.78, 5) is 0. The quantitative estimate of drug-likeness (QED) is 0.540. The summed E-state index contributed by atoms with van der Waals surface area (Å²) in [7, 11) is 0. The number of allylic oxidation sites excluding steroid dienone is 8. The van der Waals surface area contributed by atoms with Crippen LogP contribution in [0.4, 0.5) is 0 Å². The molecule has 18 heavy (non-hydrogen) atoms. The Morgan fingerprint density at radius 3 is 1.89 bits per heavy atom. The van der Waals surface area contributed by atoms with Crippen molar-refractivity contribution >= 4 is 29.0 Å². The zero-order valence-electron chi connectivity index (χ0n) is 11.5. The Bertz CT molecular complexity index is 318. The molecule has 0 N–H and O–H groups in total. The van der Waals surface area contributed by atoms with Crippen LogP contribution < -0.4 is 0 Å². The molecular weight excluding hydrogens is 342 g/mol. The molecule has 2 aliphatic carbocycles. The molecule has 0 bridgehead atoms. The molecule has 0 radical (unpaired) electrons. The van der Waals surface area contributed by atoms with Gasteiger partial charge in [0, 0.05) is 0 Å². The van der Waals surface area contributed by atoms with Crippen molar-refractivity contribution < 1.29 is 24.2 Å². The number of hydrogen-bond acceptors (Lipinski definition) is 0. The van der Waals surface area contributed by atoms with Crippen molar-refractivity contribution in [3.63, 3.8) is 0 Å². The fourth-order valence-electron chi connectivity index (χ4n) is 1.50. The molecule has 0 aliphatic heterocycles. The molecule has 2 aliphatic rings. The van der Waals surface area contributed by atoms with Crippen LogP contribution in [0.3, 0.4) is 0 Å². The molecule has 0 saturated carbocycles. The van der Waals surface area contributed by atoms with Gasteiger partial charge in [-0.3, -0.25) is 12.2 Å². The zero-order chi connectivity index (χ0) is 12.6. The molecule has 1 atom stereocenters. The van der Waals surface area contributed by atoms with Crippen LogP contribution in [0.5, 0.6) is 0 Å². The van der Waals surface area contributed by atoms with Gasteiger partial charge in [-0.05, 0) is 0 Å². The maximum absolute atomic E-state index is 3.34. The van der Waals surface area contributed by atoms with Gasteiger partial charge < -0.3 is 0 Å². The van der Waals surface area contributed by atoms with Crippen molar-refractivity contribution in [2.45, 2.75) is 34.1 Å². The van der Waals surface area contributed by atoms with Gasteiger partial charge >= 0.3 is 28.4 Å². The minimum atomic E-state index is 0. The fourth-order valence-corrected chi connectivity index (χ4v) is 1.50. The molecule has 0 nitrogen and oxygen atoms in total. The minimum absolute atomic E-state index is 0. The first-order valence-electron chi connectivity index (χ1n) is 5.47. The first-order valence-corrected chi connectivity index (χ1v) is 7.21. The van der Waals surface area contributed by atoms with E-state index in [0.29, 0.717) is 5.92 Å². The van der Waals surface area contributed by atoms with E-state index in [1.807, 2.05) is 6.08 Å². The average Bonchev–Trinajstić information content (AvgIpc) is 2.82. The van der Waals surface area contributed by atoms with Crippen LogP contribution in [0.25, 0.3) is 0 Å². The van der Waals surface area contributed by atoms with E-state index in [2.05, 4.69) is 56.2 Å². The Kier molecular flexibility index (Phi) is 17.8. The van der Waals surface area contributed by atoms with Gasteiger partial charge in [0.05, 0.1) is 0 Å². The molecule has 0 aromatic heterocycles. The van der Waals surface area contributed by atoms with E-state index in [-0.39, 0.29) is 24.8 Å². The van der Waals surface area contributed by atoms with Gasteiger partial charge in [0.15, 0.2) is 0 Å². The Morgan fingerprint density at radius 2 is 1.78 bits per heavy atom. The zero-order valence-corrected chi connectivity index (χ0v) is 15.6. The van der Waals surface area contributed by atoms with E-state index in [4.69, 9.17) is 0 Å². The third-order valence-electron chi connectivity index (χ3n) is 2.41. The molecule has 0 saturated heterocycles. The second kappa shape index (κ2) is 13.7. The standard InChI is InChI=1S/C8H11.C6H7.CH2.2ClH.Zr/c1-6-4-7(2)8(3)5-6;1-6-4-2-3-5-6;;;;/h4,6H,1-3H3;4-5H,2H2,1H3;1H2;2*1H;/q2*-1;;;;+2. The van der Waals surface area contributed by atoms with Crippen molar-refractivity contribution in [2.24, 2.45) is 5.92 Å². The van der Waals surface area contributed by atoms with Crippen molar-refractivity contribution in [3.8, 4) is 0 Å². The Hall–Kier alpha value is 0.293. The van der Waals surface area contributed by atoms with Crippen LogP contribution in [0.1, 0.15) is 34.1 Å². The Labute approximate surface area is 139 Å². The molecule has 0 amide bonds. The molecule has 100 valence electrons. The van der Waals surface area contributed by atoms with Gasteiger partial charge in [-0.15, -0.1) is 45.1 Å². The molecule has 3 heteroatoms. The summed E-state index contributed by atoms with van der Waals surface area (Å²) < 4.78 is 3.34. The van der Waals surface area contributed by atoms with Gasteiger partial charge in [0.25, 0.3) is 0 Å². The van der Waals surface area contributed by atoms with Crippen LogP contribution in [0.15, 0.2) is 34.9 Å². The normalized spacial score (nSPS) is 18.8. The van der Waals surface area contributed by atoms with Gasteiger partial charge in [0.2, 0.25) is 0 Å². The third kappa shape index (κ3) is 10.2. The van der Waals surface area contributed by atoms with Gasteiger partial charge in [-0.1, -0.05) is 19.8 Å². The van der Waals surface area contributed by atoms with E-state index >= 15 is 0 Å². The summed E-state index contributed by atoms with van der Waals surface area (Å²) in [6.45, 7) is 8.47. The summed E-state index contributed by atoms with van der Waals surface area (Å²) in [6.07, 6.45) is 13.8. The molecule has 1 unspecified atom stereocenters. The first-order chi connectivity index (χ1) is 7.59. The predicted molar refractivity (Wildman–Crippen MR) is 83.2 cm³/mol. The molecule has 0 spiro atoms. The molecule has 0 fully saturated rings. The van der Waals surface area contributed by atoms with Crippen molar-refractivity contribution in [3.05, 3.63) is 47.1 Å². The third-order valence-corrected chi connectivity index (χ3v) is 2.41. The summed E-state index contributed by atoms with van der Waals surface area (Å²) in [5.41, 5.74) is 4.05. The van der Waals surface area contributed by atoms with E-state index < -0.39 is 0 Å². The van der Waals surface area contributed by atoms with Crippen LogP contribution in [0.2, 0.25) is 0 Å². The van der Waals surface area contributed by atoms with E-state index in [9.17, 15) is 0 Å². The first kappa shape index (κ1) is 23.4. The Morgan fingerprint density at radius 1 is 1.22 bits per heavy atom. The number of halogens is 2.